The summed E-state index contributed by atoms with van der Waals surface area (Å²) in [5.41, 5.74) is 5.84. The standard InChI is InChI=1S/C20H36N4O8/c1-5-11(4)16(19(30)23-14(9-25)20(31)32)24-18(29)13(6-7-15(26)27)22-17(28)12(21)8-10(2)3/h10-14,16,25H,5-9,21H2,1-4H3,(H,22,28)(H,23,30)(H,24,29)(H,26,27)(H,31,32). The third-order valence-corrected chi connectivity index (χ3v) is 4.93. The average Bonchev–Trinajstić information content (AvgIpc) is 2.70. The number of hydrogen-bond acceptors (Lipinski definition) is 7. The highest BCUT2D eigenvalue weighted by atomic mass is 16.4. The van der Waals surface area contributed by atoms with Crippen LogP contribution in [0.2, 0.25) is 0 Å². The molecule has 3 amide bonds. The predicted octanol–water partition coefficient (Wildman–Crippen LogP) is -1.20. The average molecular weight is 461 g/mol. The zero-order chi connectivity index (χ0) is 25.0. The summed E-state index contributed by atoms with van der Waals surface area (Å²) in [5, 5.41) is 34.2. The molecule has 0 aliphatic rings. The number of aliphatic hydroxyl groups excluding tert-OH is 1. The summed E-state index contributed by atoms with van der Waals surface area (Å²) in [4.78, 5) is 59.9. The molecule has 0 aromatic rings. The molecule has 0 aromatic carbocycles. The van der Waals surface area contributed by atoms with Gasteiger partial charge in [-0.3, -0.25) is 19.2 Å². The normalized spacial score (nSPS) is 15.7. The van der Waals surface area contributed by atoms with Crippen LogP contribution < -0.4 is 21.7 Å². The van der Waals surface area contributed by atoms with Gasteiger partial charge in [0.2, 0.25) is 17.7 Å². The Hall–Kier alpha value is -2.73. The Morgan fingerprint density at radius 1 is 0.875 bits per heavy atom. The van der Waals surface area contributed by atoms with Gasteiger partial charge < -0.3 is 37.0 Å². The zero-order valence-electron chi connectivity index (χ0n) is 19.0. The summed E-state index contributed by atoms with van der Waals surface area (Å²) >= 11 is 0. The van der Waals surface area contributed by atoms with Gasteiger partial charge in [-0.2, -0.15) is 0 Å². The Morgan fingerprint density at radius 2 is 1.44 bits per heavy atom. The highest BCUT2D eigenvalue weighted by Gasteiger charge is 2.32. The van der Waals surface area contributed by atoms with E-state index in [-0.39, 0.29) is 12.3 Å². The maximum atomic E-state index is 12.9. The van der Waals surface area contributed by atoms with Crippen molar-refractivity contribution < 1.29 is 39.3 Å². The van der Waals surface area contributed by atoms with Gasteiger partial charge in [0.1, 0.15) is 18.1 Å². The Kier molecular flexibility index (Phi) is 13.1. The molecule has 0 fully saturated rings. The summed E-state index contributed by atoms with van der Waals surface area (Å²) in [5.74, 6) is -5.17. The van der Waals surface area contributed by atoms with E-state index in [0.717, 1.165) is 0 Å². The molecule has 0 aliphatic carbocycles. The van der Waals surface area contributed by atoms with Crippen LogP contribution in [-0.4, -0.2) is 75.8 Å². The first-order valence-corrected chi connectivity index (χ1v) is 10.6. The maximum absolute atomic E-state index is 12.9. The van der Waals surface area contributed by atoms with Crippen LogP contribution in [0.1, 0.15) is 53.4 Å². The lowest BCUT2D eigenvalue weighted by molar-refractivity contribution is -0.143. The third kappa shape index (κ3) is 10.5. The number of nitrogens with one attached hydrogen (secondary N) is 3. The number of amides is 3. The number of aliphatic carboxylic acids is 2. The molecule has 0 saturated heterocycles. The third-order valence-electron chi connectivity index (χ3n) is 4.93. The molecular formula is C20H36N4O8. The van der Waals surface area contributed by atoms with Gasteiger partial charge in [-0.15, -0.1) is 0 Å². The topological polar surface area (TPSA) is 208 Å². The Bertz CT molecular complexity index is 670. The quantitative estimate of drug-likeness (QED) is 0.156. The van der Waals surface area contributed by atoms with Gasteiger partial charge >= 0.3 is 11.9 Å². The van der Waals surface area contributed by atoms with Gasteiger partial charge in [0.15, 0.2) is 0 Å². The van der Waals surface area contributed by atoms with Crippen molar-refractivity contribution in [1.29, 1.82) is 0 Å². The number of rotatable bonds is 15. The van der Waals surface area contributed by atoms with Crippen LogP contribution in [0.4, 0.5) is 0 Å². The first kappa shape index (κ1) is 29.3. The van der Waals surface area contributed by atoms with E-state index in [4.69, 9.17) is 21.1 Å². The van der Waals surface area contributed by atoms with E-state index in [2.05, 4.69) is 16.0 Å². The van der Waals surface area contributed by atoms with Crippen LogP contribution in [0.25, 0.3) is 0 Å². The zero-order valence-corrected chi connectivity index (χ0v) is 19.0. The van der Waals surface area contributed by atoms with Crippen LogP contribution in [0.15, 0.2) is 0 Å². The molecule has 32 heavy (non-hydrogen) atoms. The van der Waals surface area contributed by atoms with E-state index in [9.17, 15) is 24.0 Å². The Labute approximate surface area is 187 Å². The molecule has 5 unspecified atom stereocenters. The van der Waals surface area contributed by atoms with Gasteiger partial charge in [0.25, 0.3) is 0 Å². The number of carbonyl (C=O) groups is 5. The minimum atomic E-state index is -1.55. The monoisotopic (exact) mass is 460 g/mol. The fraction of sp³-hybridized carbons (Fsp3) is 0.750. The smallest absolute Gasteiger partial charge is 0.328 e. The molecule has 12 nitrogen and oxygen atoms in total. The number of carbonyl (C=O) groups excluding carboxylic acids is 3. The van der Waals surface area contributed by atoms with Gasteiger partial charge in [-0.1, -0.05) is 34.1 Å². The molecule has 5 atom stereocenters. The first-order valence-electron chi connectivity index (χ1n) is 10.6. The Morgan fingerprint density at radius 3 is 1.88 bits per heavy atom. The SMILES string of the molecule is CCC(C)C(NC(=O)C(CCC(=O)O)NC(=O)C(N)CC(C)C)C(=O)NC(CO)C(=O)O. The molecule has 12 heteroatoms. The lowest BCUT2D eigenvalue weighted by Gasteiger charge is -2.28. The van der Waals surface area contributed by atoms with Crippen LogP contribution in [0.5, 0.6) is 0 Å². The molecular weight excluding hydrogens is 424 g/mol. The van der Waals surface area contributed by atoms with Gasteiger partial charge in [0, 0.05) is 6.42 Å². The minimum Gasteiger partial charge on any atom is -0.481 e. The fourth-order valence-electron chi connectivity index (χ4n) is 2.83. The summed E-state index contributed by atoms with van der Waals surface area (Å²) in [6.07, 6.45) is 0.156. The van der Waals surface area contributed by atoms with Gasteiger partial charge in [0.05, 0.1) is 12.6 Å². The highest BCUT2D eigenvalue weighted by molar-refractivity contribution is 5.94. The Balaban J connectivity index is 5.52. The predicted molar refractivity (Wildman–Crippen MR) is 114 cm³/mol. The van der Waals surface area contributed by atoms with Crippen molar-refractivity contribution in [2.75, 3.05) is 6.61 Å². The van der Waals surface area contributed by atoms with Crippen molar-refractivity contribution in [1.82, 2.24) is 16.0 Å². The van der Waals surface area contributed by atoms with Crippen LogP contribution >= 0.6 is 0 Å². The van der Waals surface area contributed by atoms with Crippen molar-refractivity contribution in [3.05, 3.63) is 0 Å². The molecule has 0 spiro atoms. The molecule has 0 radical (unpaired) electrons. The molecule has 0 bridgehead atoms. The van der Waals surface area contributed by atoms with E-state index in [1.807, 2.05) is 13.8 Å². The summed E-state index contributed by atoms with van der Waals surface area (Å²) in [6.45, 7) is 6.31. The molecule has 184 valence electrons. The summed E-state index contributed by atoms with van der Waals surface area (Å²) in [6, 6.07) is -4.88. The van der Waals surface area contributed by atoms with Gasteiger partial charge in [-0.25, -0.2) is 4.79 Å². The number of carboxylic acids is 2. The molecule has 0 aromatic heterocycles. The number of nitrogens with two attached hydrogens (primary N) is 1. The van der Waals surface area contributed by atoms with Crippen molar-refractivity contribution in [2.24, 2.45) is 17.6 Å². The van der Waals surface area contributed by atoms with E-state index < -0.39 is 72.8 Å². The lowest BCUT2D eigenvalue weighted by Crippen LogP contribution is -2.59. The van der Waals surface area contributed by atoms with Crippen molar-refractivity contribution in [3.63, 3.8) is 0 Å². The molecule has 0 rings (SSSR count). The van der Waals surface area contributed by atoms with E-state index >= 15 is 0 Å². The molecule has 0 saturated carbocycles. The lowest BCUT2D eigenvalue weighted by atomic mass is 9.97. The minimum absolute atomic E-state index is 0.120. The highest BCUT2D eigenvalue weighted by Crippen LogP contribution is 2.10. The summed E-state index contributed by atoms with van der Waals surface area (Å²) < 4.78 is 0. The number of hydrogen-bond donors (Lipinski definition) is 7. The number of carboxylic acid groups (broad SMARTS) is 2. The van der Waals surface area contributed by atoms with Crippen LogP contribution in [0.3, 0.4) is 0 Å². The van der Waals surface area contributed by atoms with Crippen LogP contribution in [0, 0.1) is 11.8 Å². The molecule has 0 heterocycles. The van der Waals surface area contributed by atoms with Crippen molar-refractivity contribution in [3.8, 4) is 0 Å². The largest absolute Gasteiger partial charge is 0.481 e. The van der Waals surface area contributed by atoms with Gasteiger partial charge in [-0.05, 0) is 24.7 Å². The van der Waals surface area contributed by atoms with E-state index in [1.54, 1.807) is 13.8 Å². The second kappa shape index (κ2) is 14.4. The fourth-order valence-corrected chi connectivity index (χ4v) is 2.83. The van der Waals surface area contributed by atoms with Crippen LogP contribution in [-0.2, 0) is 24.0 Å². The molecule has 0 aliphatic heterocycles. The second-order valence-corrected chi connectivity index (χ2v) is 8.18. The van der Waals surface area contributed by atoms with E-state index in [1.165, 1.54) is 0 Å². The first-order chi connectivity index (χ1) is 14.8. The second-order valence-electron chi connectivity index (χ2n) is 8.18. The number of aliphatic hydroxyl groups is 1. The molecule has 8 N–H and O–H groups in total. The maximum Gasteiger partial charge on any atom is 0.328 e. The summed E-state index contributed by atoms with van der Waals surface area (Å²) in [7, 11) is 0. The van der Waals surface area contributed by atoms with E-state index in [0.29, 0.717) is 12.8 Å². The van der Waals surface area contributed by atoms with Crippen molar-refractivity contribution >= 4 is 29.7 Å². The van der Waals surface area contributed by atoms with Crippen molar-refractivity contribution in [2.45, 2.75) is 77.5 Å².